The van der Waals surface area contributed by atoms with Crippen LogP contribution in [0.2, 0.25) is 10.0 Å². The smallest absolute Gasteiger partial charge is 0.213 e. The molecule has 0 aliphatic rings. The first-order valence-electron chi connectivity index (χ1n) is 11.3. The highest BCUT2D eigenvalue weighted by Crippen LogP contribution is 2.36. The van der Waals surface area contributed by atoms with Crippen molar-refractivity contribution < 1.29 is 13.7 Å². The Morgan fingerprint density at radius 1 is 1.05 bits per heavy atom. The Labute approximate surface area is 226 Å². The number of anilines is 2. The number of nitrogens with one attached hydrogen (secondary N) is 1. The molecule has 0 spiro atoms. The normalized spacial score (nSPS) is 12.9. The summed E-state index contributed by atoms with van der Waals surface area (Å²) in [6.07, 6.45) is 5.44. The molecule has 0 bridgehead atoms. The molecule has 0 aliphatic heterocycles. The van der Waals surface area contributed by atoms with Gasteiger partial charge in [0.1, 0.15) is 6.61 Å². The third-order valence-corrected chi connectivity index (χ3v) is 7.49. The Hall–Kier alpha value is -3.17. The number of aldehydes is 1. The lowest BCUT2D eigenvalue weighted by molar-refractivity contribution is 0.112. The number of benzene rings is 2. The third kappa shape index (κ3) is 6.22. The molecule has 4 aromatic rings. The van der Waals surface area contributed by atoms with Crippen molar-refractivity contribution in [2.75, 3.05) is 38.8 Å². The van der Waals surface area contributed by atoms with Gasteiger partial charge in [0, 0.05) is 30.4 Å². The molecule has 7 nitrogen and oxygen atoms in total. The first-order valence-corrected chi connectivity index (χ1v) is 14.2. The minimum Gasteiger partial charge on any atom is -0.476 e. The van der Waals surface area contributed by atoms with Crippen LogP contribution in [-0.4, -0.2) is 64.7 Å². The molecule has 0 saturated heterocycles. The van der Waals surface area contributed by atoms with Gasteiger partial charge in [-0.25, -0.2) is 4.98 Å². The zero-order chi connectivity index (χ0) is 26.7. The number of hydrogen-bond donors (Lipinski definition) is 1. The van der Waals surface area contributed by atoms with Gasteiger partial charge in [0.05, 0.1) is 43.6 Å². The van der Waals surface area contributed by atoms with Gasteiger partial charge in [-0.15, -0.1) is 0 Å². The SMILES string of the molecule is C=S(C)(=O)c1cnc2ccc(-c3cc(Cl)c(C=O)c(Cl)c3)cc2c1Nc1ccc(OCCN(C)C)nc1. The Morgan fingerprint density at radius 3 is 2.38 bits per heavy atom. The number of fused-ring (bicyclic) bond motifs is 1. The maximum Gasteiger partial charge on any atom is 0.213 e. The standard InChI is InChI=1S/C27H26Cl2N4O3S/c1-33(2)9-10-36-26-8-6-19(14-31-26)32-27-20-11-17(18-12-22(28)21(16-34)23(29)13-18)5-7-24(20)30-15-25(27)37(3,4)35/h5-8,11-16H,3,9-10H2,1-2,4H3,(H,30,32). The van der Waals surface area contributed by atoms with Crippen LogP contribution in [0.25, 0.3) is 22.0 Å². The zero-order valence-corrected chi connectivity index (χ0v) is 23.0. The molecular weight excluding hydrogens is 531 g/mol. The van der Waals surface area contributed by atoms with Crippen molar-refractivity contribution in [1.29, 1.82) is 0 Å². The minimum absolute atomic E-state index is 0.239. The molecule has 37 heavy (non-hydrogen) atoms. The van der Waals surface area contributed by atoms with Crippen molar-refractivity contribution in [2.24, 2.45) is 0 Å². The van der Waals surface area contributed by atoms with Gasteiger partial charge in [-0.05, 0) is 70.9 Å². The monoisotopic (exact) mass is 556 g/mol. The van der Waals surface area contributed by atoms with Crippen molar-refractivity contribution in [3.8, 4) is 17.0 Å². The molecule has 1 N–H and O–H groups in total. The van der Waals surface area contributed by atoms with Crippen LogP contribution in [0, 0.1) is 0 Å². The topological polar surface area (TPSA) is 84.4 Å². The van der Waals surface area contributed by atoms with E-state index in [1.807, 2.05) is 43.3 Å². The van der Waals surface area contributed by atoms with Crippen LogP contribution in [0.15, 0.2) is 59.8 Å². The summed E-state index contributed by atoms with van der Waals surface area (Å²) in [5, 5.41) is 4.61. The number of carbonyl (C=O) groups is 1. The van der Waals surface area contributed by atoms with E-state index in [-0.39, 0.29) is 15.6 Å². The minimum atomic E-state index is -2.63. The van der Waals surface area contributed by atoms with Crippen LogP contribution in [0.4, 0.5) is 11.4 Å². The highest BCUT2D eigenvalue weighted by atomic mass is 35.5. The molecule has 10 heteroatoms. The summed E-state index contributed by atoms with van der Waals surface area (Å²) >= 11 is 12.6. The molecule has 192 valence electrons. The Balaban J connectivity index is 1.77. The van der Waals surface area contributed by atoms with Gasteiger partial charge in [-0.2, -0.15) is 0 Å². The lowest BCUT2D eigenvalue weighted by atomic mass is 10.0. The fraction of sp³-hybridized carbons (Fsp3) is 0.185. The second-order valence-corrected chi connectivity index (χ2v) is 12.1. The van der Waals surface area contributed by atoms with Crippen LogP contribution >= 0.6 is 23.2 Å². The summed E-state index contributed by atoms with van der Waals surface area (Å²) in [7, 11) is 1.32. The van der Waals surface area contributed by atoms with E-state index >= 15 is 0 Å². The average Bonchev–Trinajstić information content (AvgIpc) is 2.84. The summed E-state index contributed by atoms with van der Waals surface area (Å²) < 4.78 is 18.8. The van der Waals surface area contributed by atoms with E-state index in [4.69, 9.17) is 27.9 Å². The van der Waals surface area contributed by atoms with E-state index in [9.17, 15) is 9.00 Å². The average molecular weight is 558 g/mol. The van der Waals surface area contributed by atoms with Crippen molar-refractivity contribution in [3.63, 3.8) is 0 Å². The number of pyridine rings is 2. The number of rotatable bonds is 9. The molecule has 0 radical (unpaired) electrons. The first kappa shape index (κ1) is 26.9. The number of ether oxygens (including phenoxy) is 1. The lowest BCUT2D eigenvalue weighted by Crippen LogP contribution is -2.19. The highest BCUT2D eigenvalue weighted by Gasteiger charge is 2.16. The fourth-order valence-corrected chi connectivity index (χ4v) is 5.14. The predicted octanol–water partition coefficient (Wildman–Crippen LogP) is 5.81. The van der Waals surface area contributed by atoms with E-state index in [0.717, 1.165) is 23.1 Å². The van der Waals surface area contributed by atoms with E-state index in [1.54, 1.807) is 36.8 Å². The summed E-state index contributed by atoms with van der Waals surface area (Å²) in [4.78, 5) is 22.7. The maximum atomic E-state index is 13.1. The molecule has 0 aliphatic carbocycles. The molecule has 0 amide bonds. The number of hydrogen-bond acceptors (Lipinski definition) is 7. The second kappa shape index (κ2) is 11.1. The van der Waals surface area contributed by atoms with Crippen LogP contribution in [0.1, 0.15) is 10.4 Å². The Kier molecular flexibility index (Phi) is 8.04. The zero-order valence-electron chi connectivity index (χ0n) is 20.6. The second-order valence-electron chi connectivity index (χ2n) is 8.87. The van der Waals surface area contributed by atoms with Gasteiger partial charge in [-0.1, -0.05) is 29.3 Å². The predicted molar refractivity (Wildman–Crippen MR) is 154 cm³/mol. The molecule has 2 aromatic heterocycles. The van der Waals surface area contributed by atoms with Gasteiger partial charge < -0.3 is 15.0 Å². The Bertz CT molecular complexity index is 1550. The largest absolute Gasteiger partial charge is 0.476 e. The number of likely N-dealkylation sites (N-methyl/N-ethyl adjacent to an activating group) is 1. The van der Waals surface area contributed by atoms with E-state index in [1.165, 1.54) is 0 Å². The maximum absolute atomic E-state index is 13.1. The molecule has 2 aromatic carbocycles. The van der Waals surface area contributed by atoms with E-state index < -0.39 is 9.52 Å². The van der Waals surface area contributed by atoms with Gasteiger partial charge in [0.15, 0.2) is 6.29 Å². The van der Waals surface area contributed by atoms with Gasteiger partial charge in [-0.3, -0.25) is 14.0 Å². The number of aromatic nitrogens is 2. The van der Waals surface area contributed by atoms with Crippen molar-refractivity contribution in [1.82, 2.24) is 14.9 Å². The molecular formula is C27H26Cl2N4O3S. The van der Waals surface area contributed by atoms with Crippen molar-refractivity contribution in [2.45, 2.75) is 4.90 Å². The summed E-state index contributed by atoms with van der Waals surface area (Å²) in [6.45, 7) is 1.30. The lowest BCUT2D eigenvalue weighted by Gasteiger charge is -2.17. The van der Waals surface area contributed by atoms with Crippen LogP contribution in [0.3, 0.4) is 0 Å². The number of nitrogens with zero attached hydrogens (tertiary/aromatic N) is 3. The molecule has 0 fully saturated rings. The molecule has 1 unspecified atom stereocenters. The van der Waals surface area contributed by atoms with Gasteiger partial charge in [0.25, 0.3) is 0 Å². The summed E-state index contributed by atoms with van der Waals surface area (Å²) in [5.74, 6) is 4.39. The number of halogens is 2. The molecule has 4 rings (SSSR count). The summed E-state index contributed by atoms with van der Waals surface area (Å²) in [5.41, 5.74) is 3.75. The van der Waals surface area contributed by atoms with Crippen LogP contribution in [-0.2, 0) is 9.52 Å². The fourth-order valence-electron chi connectivity index (χ4n) is 3.69. The quantitative estimate of drug-likeness (QED) is 0.206. The molecule has 2 heterocycles. The van der Waals surface area contributed by atoms with Gasteiger partial charge >= 0.3 is 0 Å². The molecule has 0 saturated carbocycles. The van der Waals surface area contributed by atoms with Crippen molar-refractivity contribution in [3.05, 3.63) is 70.5 Å². The van der Waals surface area contributed by atoms with E-state index in [2.05, 4.69) is 21.2 Å². The van der Waals surface area contributed by atoms with E-state index in [0.29, 0.717) is 40.6 Å². The molecule has 1 atom stereocenters. The summed E-state index contributed by atoms with van der Waals surface area (Å²) in [6, 6.07) is 12.6. The van der Waals surface area contributed by atoms with Crippen molar-refractivity contribution >= 4 is 67.2 Å². The Morgan fingerprint density at radius 2 is 1.78 bits per heavy atom. The number of carbonyl (C=O) groups excluding carboxylic acids is 1. The third-order valence-electron chi connectivity index (χ3n) is 5.62. The highest BCUT2D eigenvalue weighted by molar-refractivity contribution is 7.99. The van der Waals surface area contributed by atoms with Gasteiger partial charge in [0.2, 0.25) is 5.88 Å². The van der Waals surface area contributed by atoms with Crippen LogP contribution in [0.5, 0.6) is 5.88 Å². The van der Waals surface area contributed by atoms with Crippen LogP contribution < -0.4 is 10.1 Å². The first-order chi connectivity index (χ1) is 17.6.